The maximum Gasteiger partial charge on any atom is 0.163 e. The summed E-state index contributed by atoms with van der Waals surface area (Å²) in [5, 5.41) is 14.5. The van der Waals surface area contributed by atoms with E-state index >= 15 is 0 Å². The Kier molecular flexibility index (Phi) is 4.11. The lowest BCUT2D eigenvalue weighted by atomic mass is 10.2. The first-order valence-electron chi connectivity index (χ1n) is 5.89. The Morgan fingerprint density at radius 2 is 2.11 bits per heavy atom. The normalized spacial score (nSPS) is 15.0. The molecule has 1 aromatic rings. The van der Waals surface area contributed by atoms with Crippen molar-refractivity contribution in [3.8, 4) is 11.5 Å². The van der Waals surface area contributed by atoms with Gasteiger partial charge in [-0.25, -0.2) is 0 Å². The van der Waals surface area contributed by atoms with Crippen LogP contribution in [0.25, 0.3) is 0 Å². The molecular weight excluding hydrogens is 234 g/mol. The average molecular weight is 251 g/mol. The number of oxime groups is 1. The van der Waals surface area contributed by atoms with Crippen LogP contribution in [-0.4, -0.2) is 30.8 Å². The summed E-state index contributed by atoms with van der Waals surface area (Å²) in [5.41, 5.74) is 6.31. The van der Waals surface area contributed by atoms with E-state index in [2.05, 4.69) is 10.5 Å². The number of hydrogen-bond donors (Lipinski definition) is 3. The first kappa shape index (κ1) is 12.3. The molecule has 0 aromatic heterocycles. The molecule has 2 rings (SSSR count). The molecule has 6 heteroatoms. The van der Waals surface area contributed by atoms with Crippen molar-refractivity contribution >= 4 is 11.5 Å². The van der Waals surface area contributed by atoms with E-state index in [0.29, 0.717) is 26.2 Å². The van der Waals surface area contributed by atoms with Crippen molar-refractivity contribution in [2.45, 2.75) is 12.8 Å². The Hall–Kier alpha value is -2.11. The maximum atomic E-state index is 8.42. The Labute approximate surface area is 105 Å². The van der Waals surface area contributed by atoms with Gasteiger partial charge < -0.3 is 25.7 Å². The fourth-order valence-corrected chi connectivity index (χ4v) is 1.66. The molecule has 18 heavy (non-hydrogen) atoms. The van der Waals surface area contributed by atoms with Crippen LogP contribution in [0.2, 0.25) is 0 Å². The molecule has 1 aliphatic rings. The molecule has 6 nitrogen and oxygen atoms in total. The molecule has 0 atom stereocenters. The highest BCUT2D eigenvalue weighted by atomic mass is 16.5. The van der Waals surface area contributed by atoms with E-state index < -0.39 is 0 Å². The van der Waals surface area contributed by atoms with Crippen LogP contribution in [0.1, 0.15) is 12.8 Å². The zero-order valence-corrected chi connectivity index (χ0v) is 10.1. The van der Waals surface area contributed by atoms with Gasteiger partial charge in [-0.15, -0.1) is 0 Å². The van der Waals surface area contributed by atoms with E-state index in [9.17, 15) is 0 Å². The lowest BCUT2D eigenvalue weighted by Gasteiger charge is -2.10. The molecular formula is C12H17N3O3. The Bertz CT molecular complexity index is 435. The van der Waals surface area contributed by atoms with Crippen LogP contribution in [0, 0.1) is 0 Å². The van der Waals surface area contributed by atoms with E-state index in [0.717, 1.165) is 23.6 Å². The summed E-state index contributed by atoms with van der Waals surface area (Å²) in [6.45, 7) is 1.94. The van der Waals surface area contributed by atoms with Crippen molar-refractivity contribution < 1.29 is 14.7 Å². The van der Waals surface area contributed by atoms with Crippen molar-refractivity contribution in [1.82, 2.24) is 0 Å². The third-order valence-corrected chi connectivity index (χ3v) is 2.59. The van der Waals surface area contributed by atoms with Gasteiger partial charge in [0, 0.05) is 31.1 Å². The van der Waals surface area contributed by atoms with Crippen LogP contribution in [0.3, 0.4) is 0 Å². The Balaban J connectivity index is 1.95. The molecule has 1 heterocycles. The van der Waals surface area contributed by atoms with Gasteiger partial charge in [-0.1, -0.05) is 5.16 Å². The summed E-state index contributed by atoms with van der Waals surface area (Å²) in [6.07, 6.45) is 1.37. The van der Waals surface area contributed by atoms with Gasteiger partial charge in [0.25, 0.3) is 0 Å². The number of benzene rings is 1. The lowest BCUT2D eigenvalue weighted by Crippen LogP contribution is -2.16. The minimum Gasteiger partial charge on any atom is -0.490 e. The van der Waals surface area contributed by atoms with Gasteiger partial charge >= 0.3 is 0 Å². The maximum absolute atomic E-state index is 8.42. The molecule has 0 aliphatic carbocycles. The van der Waals surface area contributed by atoms with Gasteiger partial charge in [-0.3, -0.25) is 0 Å². The second-order valence-corrected chi connectivity index (χ2v) is 3.98. The van der Waals surface area contributed by atoms with Crippen molar-refractivity contribution in [2.75, 3.05) is 25.1 Å². The molecule has 0 spiro atoms. The molecule has 0 radical (unpaired) electrons. The molecule has 0 saturated carbocycles. The number of anilines is 1. The van der Waals surface area contributed by atoms with Crippen LogP contribution in [0.5, 0.6) is 11.5 Å². The second kappa shape index (κ2) is 6.00. The highest BCUT2D eigenvalue weighted by Crippen LogP contribution is 2.32. The van der Waals surface area contributed by atoms with E-state index in [1.807, 2.05) is 18.2 Å². The minimum absolute atomic E-state index is 0.205. The molecule has 98 valence electrons. The van der Waals surface area contributed by atoms with Crippen molar-refractivity contribution in [3.05, 3.63) is 18.2 Å². The largest absolute Gasteiger partial charge is 0.490 e. The SMILES string of the molecule is NC(CCNc1ccc2c(c1)OCCCO2)=NO. The summed E-state index contributed by atoms with van der Waals surface area (Å²) in [6, 6.07) is 5.69. The Morgan fingerprint density at radius 3 is 2.89 bits per heavy atom. The molecule has 4 N–H and O–H groups in total. The number of nitrogens with two attached hydrogens (primary N) is 1. The van der Waals surface area contributed by atoms with Gasteiger partial charge in [0.15, 0.2) is 11.5 Å². The van der Waals surface area contributed by atoms with E-state index in [4.69, 9.17) is 20.4 Å². The summed E-state index contributed by atoms with van der Waals surface area (Å²) in [7, 11) is 0. The number of fused-ring (bicyclic) bond motifs is 1. The number of nitrogens with one attached hydrogen (secondary N) is 1. The summed E-state index contributed by atoms with van der Waals surface area (Å²) >= 11 is 0. The van der Waals surface area contributed by atoms with Crippen molar-refractivity contribution in [2.24, 2.45) is 10.9 Å². The first-order chi connectivity index (χ1) is 8.79. The molecule has 1 aromatic carbocycles. The third-order valence-electron chi connectivity index (χ3n) is 2.59. The van der Waals surface area contributed by atoms with Crippen LogP contribution in [-0.2, 0) is 0 Å². The van der Waals surface area contributed by atoms with Crippen molar-refractivity contribution in [3.63, 3.8) is 0 Å². The van der Waals surface area contributed by atoms with Gasteiger partial charge in [0.1, 0.15) is 5.84 Å². The Morgan fingerprint density at radius 1 is 1.33 bits per heavy atom. The number of amidine groups is 1. The van der Waals surface area contributed by atoms with Crippen LogP contribution in [0.4, 0.5) is 5.69 Å². The standard InChI is InChI=1S/C12H17N3O3/c13-12(15-16)4-5-14-9-2-3-10-11(8-9)18-7-1-6-17-10/h2-3,8,14,16H,1,4-7H2,(H2,13,15). The number of hydrogen-bond acceptors (Lipinski definition) is 5. The quantitative estimate of drug-likeness (QED) is 0.326. The molecule has 0 saturated heterocycles. The molecule has 0 bridgehead atoms. The second-order valence-electron chi connectivity index (χ2n) is 3.98. The number of ether oxygens (including phenoxy) is 2. The summed E-state index contributed by atoms with van der Waals surface area (Å²) in [5.74, 6) is 1.73. The van der Waals surface area contributed by atoms with Gasteiger partial charge in [0.05, 0.1) is 13.2 Å². The van der Waals surface area contributed by atoms with Crippen LogP contribution < -0.4 is 20.5 Å². The predicted molar refractivity (Wildman–Crippen MR) is 68.6 cm³/mol. The smallest absolute Gasteiger partial charge is 0.163 e. The molecule has 0 amide bonds. The lowest BCUT2D eigenvalue weighted by molar-refractivity contribution is 0.297. The van der Waals surface area contributed by atoms with E-state index in [1.54, 1.807) is 0 Å². The first-order valence-corrected chi connectivity index (χ1v) is 5.89. The van der Waals surface area contributed by atoms with Gasteiger partial charge in [-0.05, 0) is 12.1 Å². The van der Waals surface area contributed by atoms with Gasteiger partial charge in [-0.2, -0.15) is 0 Å². The number of nitrogens with zero attached hydrogens (tertiary/aromatic N) is 1. The van der Waals surface area contributed by atoms with E-state index in [1.165, 1.54) is 0 Å². The third kappa shape index (κ3) is 3.19. The summed E-state index contributed by atoms with van der Waals surface area (Å²) < 4.78 is 11.1. The molecule has 0 unspecified atom stereocenters. The minimum atomic E-state index is 0.205. The van der Waals surface area contributed by atoms with Crippen LogP contribution >= 0.6 is 0 Å². The number of rotatable bonds is 4. The predicted octanol–water partition coefficient (Wildman–Crippen LogP) is 1.40. The highest BCUT2D eigenvalue weighted by Gasteiger charge is 2.10. The van der Waals surface area contributed by atoms with Crippen molar-refractivity contribution in [1.29, 1.82) is 0 Å². The van der Waals surface area contributed by atoms with Gasteiger partial charge in [0.2, 0.25) is 0 Å². The van der Waals surface area contributed by atoms with E-state index in [-0.39, 0.29) is 5.84 Å². The topological polar surface area (TPSA) is 89.1 Å². The highest BCUT2D eigenvalue weighted by molar-refractivity contribution is 5.80. The average Bonchev–Trinajstić information content (AvgIpc) is 2.63. The van der Waals surface area contributed by atoms with Crippen LogP contribution in [0.15, 0.2) is 23.4 Å². The zero-order valence-electron chi connectivity index (χ0n) is 10.1. The fraction of sp³-hybridized carbons (Fsp3) is 0.417. The summed E-state index contributed by atoms with van der Waals surface area (Å²) in [4.78, 5) is 0. The fourth-order valence-electron chi connectivity index (χ4n) is 1.66. The monoisotopic (exact) mass is 251 g/mol. The molecule has 1 aliphatic heterocycles. The zero-order chi connectivity index (χ0) is 12.8. The molecule has 0 fully saturated rings.